The van der Waals surface area contributed by atoms with Crippen LogP contribution in [0.5, 0.6) is 11.8 Å². The zero-order chi connectivity index (χ0) is 17.3. The van der Waals surface area contributed by atoms with E-state index in [9.17, 15) is 0 Å². The number of rotatable bonds is 4. The molecule has 4 rings (SSSR count). The summed E-state index contributed by atoms with van der Waals surface area (Å²) in [5, 5.41) is 0. The van der Waals surface area contributed by atoms with Crippen molar-refractivity contribution in [1.29, 1.82) is 0 Å². The van der Waals surface area contributed by atoms with Crippen molar-refractivity contribution in [3.8, 4) is 11.8 Å². The van der Waals surface area contributed by atoms with Crippen molar-refractivity contribution >= 4 is 5.82 Å². The Hall–Kier alpha value is -2.48. The van der Waals surface area contributed by atoms with Crippen molar-refractivity contribution in [3.05, 3.63) is 30.5 Å². The summed E-state index contributed by atoms with van der Waals surface area (Å²) in [5.74, 6) is 2.00. The largest absolute Gasteiger partial charge is 0.481 e. The maximum atomic E-state index is 6.07. The van der Waals surface area contributed by atoms with Gasteiger partial charge in [-0.3, -0.25) is 4.98 Å². The van der Waals surface area contributed by atoms with Crippen LogP contribution in [0.15, 0.2) is 24.8 Å². The molecule has 1 spiro atoms. The summed E-state index contributed by atoms with van der Waals surface area (Å²) in [5.41, 5.74) is 0.671. The number of hydrogen-bond acceptors (Lipinski definition) is 8. The molecule has 1 atom stereocenters. The van der Waals surface area contributed by atoms with Gasteiger partial charge in [-0.15, -0.1) is 0 Å². The molecule has 25 heavy (non-hydrogen) atoms. The monoisotopic (exact) mass is 343 g/mol. The molecule has 0 aromatic carbocycles. The molecule has 0 amide bonds. The van der Waals surface area contributed by atoms with Crippen molar-refractivity contribution in [2.24, 2.45) is 0 Å². The smallest absolute Gasteiger partial charge is 0.232 e. The topological polar surface area (TPSA) is 82.5 Å². The lowest BCUT2D eigenvalue weighted by molar-refractivity contribution is -0.126. The van der Waals surface area contributed by atoms with Crippen LogP contribution in [-0.2, 0) is 4.74 Å². The Morgan fingerprint density at radius 3 is 2.92 bits per heavy atom. The van der Waals surface area contributed by atoms with Gasteiger partial charge in [0.05, 0.1) is 38.7 Å². The minimum absolute atomic E-state index is 0.0898. The van der Waals surface area contributed by atoms with E-state index in [0.717, 1.165) is 37.4 Å². The summed E-state index contributed by atoms with van der Waals surface area (Å²) in [6, 6.07) is 1.84. The van der Waals surface area contributed by atoms with Gasteiger partial charge in [0, 0.05) is 25.1 Å². The van der Waals surface area contributed by atoms with Crippen molar-refractivity contribution in [2.45, 2.75) is 31.5 Å². The van der Waals surface area contributed by atoms with Crippen LogP contribution >= 0.6 is 0 Å². The molecule has 2 aromatic heterocycles. The van der Waals surface area contributed by atoms with E-state index in [0.29, 0.717) is 18.4 Å². The molecule has 8 nitrogen and oxygen atoms in total. The Morgan fingerprint density at radius 2 is 2.12 bits per heavy atom. The van der Waals surface area contributed by atoms with Crippen LogP contribution in [-0.4, -0.2) is 58.4 Å². The van der Waals surface area contributed by atoms with Crippen molar-refractivity contribution in [3.63, 3.8) is 0 Å². The molecule has 4 heterocycles. The zero-order valence-electron chi connectivity index (χ0n) is 14.4. The number of ether oxygens (including phenoxy) is 3. The van der Waals surface area contributed by atoms with Crippen LogP contribution in [0.25, 0.3) is 0 Å². The minimum Gasteiger partial charge on any atom is -0.481 e. The summed E-state index contributed by atoms with van der Waals surface area (Å²) in [7, 11) is 1.60. The summed E-state index contributed by atoms with van der Waals surface area (Å²) in [4.78, 5) is 19.0. The fourth-order valence-electron chi connectivity index (χ4n) is 3.40. The Balaban J connectivity index is 1.39. The normalized spacial score (nSPS) is 21.7. The molecule has 2 aromatic rings. The Kier molecular flexibility index (Phi) is 4.12. The SMILES string of the molecule is COc1cc(N2CC3(C[C@@H](Oc4cncc(C)n4)CCO3)C2)ncn1. The minimum atomic E-state index is -0.182. The van der Waals surface area contributed by atoms with Gasteiger partial charge in [-0.2, -0.15) is 0 Å². The average Bonchev–Trinajstić information content (AvgIpc) is 2.60. The Morgan fingerprint density at radius 1 is 1.24 bits per heavy atom. The highest BCUT2D eigenvalue weighted by molar-refractivity contribution is 5.46. The van der Waals surface area contributed by atoms with Crippen LogP contribution in [0, 0.1) is 6.92 Å². The third kappa shape index (κ3) is 3.34. The summed E-state index contributed by atoms with van der Waals surface area (Å²) in [6.45, 7) is 4.16. The second kappa shape index (κ2) is 6.44. The molecule has 0 radical (unpaired) electrons. The lowest BCUT2D eigenvalue weighted by atomic mass is 9.84. The van der Waals surface area contributed by atoms with E-state index < -0.39 is 0 Å². The van der Waals surface area contributed by atoms with Crippen molar-refractivity contribution in [1.82, 2.24) is 19.9 Å². The number of nitrogens with zero attached hydrogens (tertiary/aromatic N) is 5. The first kappa shape index (κ1) is 16.0. The van der Waals surface area contributed by atoms with Crippen LogP contribution in [0.4, 0.5) is 5.82 Å². The van der Waals surface area contributed by atoms with Crippen LogP contribution in [0.1, 0.15) is 18.5 Å². The van der Waals surface area contributed by atoms with Crippen molar-refractivity contribution < 1.29 is 14.2 Å². The first-order chi connectivity index (χ1) is 12.2. The van der Waals surface area contributed by atoms with Gasteiger partial charge in [-0.05, 0) is 6.92 Å². The molecule has 8 heteroatoms. The Labute approximate surface area is 146 Å². The van der Waals surface area contributed by atoms with Crippen LogP contribution in [0.2, 0.25) is 0 Å². The Bertz CT molecular complexity index is 751. The molecule has 0 N–H and O–H groups in total. The third-order valence-corrected chi connectivity index (χ3v) is 4.59. The van der Waals surface area contributed by atoms with E-state index >= 15 is 0 Å². The lowest BCUT2D eigenvalue weighted by Crippen LogP contribution is -2.66. The molecular weight excluding hydrogens is 322 g/mol. The maximum Gasteiger partial charge on any atom is 0.232 e. The quantitative estimate of drug-likeness (QED) is 0.824. The molecular formula is C17H21N5O3. The molecule has 0 aliphatic carbocycles. The first-order valence-electron chi connectivity index (χ1n) is 8.36. The number of aromatic nitrogens is 4. The first-order valence-corrected chi connectivity index (χ1v) is 8.36. The standard InChI is InChI=1S/C17H21N5O3/c1-12-7-18-8-16(21-12)25-13-3-4-24-17(6-13)9-22(10-17)14-5-15(23-2)20-11-19-14/h5,7-8,11,13H,3-4,6,9-10H2,1-2H3/t13-/m0/s1. The van der Waals surface area contributed by atoms with Crippen molar-refractivity contribution in [2.75, 3.05) is 31.7 Å². The van der Waals surface area contributed by atoms with E-state index in [-0.39, 0.29) is 11.7 Å². The summed E-state index contributed by atoms with van der Waals surface area (Å²) >= 11 is 0. The highest BCUT2D eigenvalue weighted by atomic mass is 16.5. The van der Waals surface area contributed by atoms with Gasteiger partial charge in [0.1, 0.15) is 23.9 Å². The second-order valence-electron chi connectivity index (χ2n) is 6.54. The van der Waals surface area contributed by atoms with Gasteiger partial charge >= 0.3 is 0 Å². The molecule has 0 bridgehead atoms. The van der Waals surface area contributed by atoms with Crippen LogP contribution in [0.3, 0.4) is 0 Å². The van der Waals surface area contributed by atoms with Gasteiger partial charge in [-0.25, -0.2) is 15.0 Å². The zero-order valence-corrected chi connectivity index (χ0v) is 14.4. The van der Waals surface area contributed by atoms with Gasteiger partial charge in [0.2, 0.25) is 11.8 Å². The van der Waals surface area contributed by atoms with Gasteiger partial charge in [0.15, 0.2) is 0 Å². The van der Waals surface area contributed by atoms with E-state index in [2.05, 4.69) is 24.8 Å². The molecule has 2 saturated heterocycles. The average molecular weight is 343 g/mol. The highest BCUT2D eigenvalue weighted by Gasteiger charge is 2.48. The summed E-state index contributed by atoms with van der Waals surface area (Å²) in [6.07, 6.45) is 6.68. The van der Waals surface area contributed by atoms with Gasteiger partial charge in [-0.1, -0.05) is 0 Å². The van der Waals surface area contributed by atoms with E-state index in [1.807, 2.05) is 13.0 Å². The fourth-order valence-corrected chi connectivity index (χ4v) is 3.40. The third-order valence-electron chi connectivity index (χ3n) is 4.59. The number of methoxy groups -OCH3 is 1. The second-order valence-corrected chi connectivity index (χ2v) is 6.54. The number of hydrogen-bond donors (Lipinski definition) is 0. The molecule has 0 saturated carbocycles. The highest BCUT2D eigenvalue weighted by Crippen LogP contribution is 2.37. The predicted molar refractivity (Wildman–Crippen MR) is 89.9 cm³/mol. The lowest BCUT2D eigenvalue weighted by Gasteiger charge is -2.53. The van der Waals surface area contributed by atoms with Crippen LogP contribution < -0.4 is 14.4 Å². The number of anilines is 1. The fraction of sp³-hybridized carbons (Fsp3) is 0.529. The molecule has 0 unspecified atom stereocenters. The molecule has 2 aliphatic heterocycles. The molecule has 2 fully saturated rings. The maximum absolute atomic E-state index is 6.07. The van der Waals surface area contributed by atoms with Gasteiger partial charge in [0.25, 0.3) is 0 Å². The molecule has 132 valence electrons. The number of aryl methyl sites for hydroxylation is 1. The van der Waals surface area contributed by atoms with E-state index in [1.165, 1.54) is 6.33 Å². The summed E-state index contributed by atoms with van der Waals surface area (Å²) < 4.78 is 17.3. The van der Waals surface area contributed by atoms with Gasteiger partial charge < -0.3 is 19.1 Å². The van der Waals surface area contributed by atoms with E-state index in [4.69, 9.17) is 14.2 Å². The van der Waals surface area contributed by atoms with E-state index in [1.54, 1.807) is 19.5 Å². The predicted octanol–water partition coefficient (Wildman–Crippen LogP) is 1.40. The molecule has 2 aliphatic rings.